The summed E-state index contributed by atoms with van der Waals surface area (Å²) in [5.41, 5.74) is 2.12. The molecule has 0 bridgehead atoms. The number of hydrogen-bond acceptors (Lipinski definition) is 4. The Hall–Kier alpha value is -2.05. The number of amides is 2. The zero-order valence-corrected chi connectivity index (χ0v) is 19.7. The van der Waals surface area contributed by atoms with Crippen LogP contribution in [0.15, 0.2) is 29.6 Å². The van der Waals surface area contributed by atoms with E-state index in [0.29, 0.717) is 24.7 Å². The first kappa shape index (κ1) is 22.2. The van der Waals surface area contributed by atoms with Gasteiger partial charge in [-0.1, -0.05) is 18.5 Å². The van der Waals surface area contributed by atoms with E-state index in [0.717, 1.165) is 42.6 Å². The number of carbonyl (C=O) groups excluding carboxylic acids is 2. The Morgan fingerprint density at radius 3 is 2.81 bits per heavy atom. The molecule has 166 valence electrons. The summed E-state index contributed by atoms with van der Waals surface area (Å²) in [6, 6.07) is 7.55. The lowest BCUT2D eigenvalue weighted by molar-refractivity contribution is -0.143. The predicted octanol–water partition coefficient (Wildman–Crippen LogP) is 4.86. The second-order valence-electron chi connectivity index (χ2n) is 8.41. The predicted molar refractivity (Wildman–Crippen MR) is 124 cm³/mol. The molecule has 1 atom stereocenters. The maximum absolute atomic E-state index is 13.3. The van der Waals surface area contributed by atoms with E-state index in [1.54, 1.807) is 16.2 Å². The molecule has 1 aliphatic heterocycles. The van der Waals surface area contributed by atoms with Crippen molar-refractivity contribution in [3.63, 3.8) is 0 Å². The van der Waals surface area contributed by atoms with Crippen molar-refractivity contribution in [2.45, 2.75) is 45.6 Å². The van der Waals surface area contributed by atoms with E-state index >= 15 is 0 Å². The molecule has 2 aliphatic rings. The number of benzene rings is 1. The normalized spacial score (nSPS) is 17.9. The van der Waals surface area contributed by atoms with Crippen LogP contribution in [0.4, 0.5) is 0 Å². The van der Waals surface area contributed by atoms with Crippen molar-refractivity contribution in [3.05, 3.63) is 50.7 Å². The molecule has 1 saturated carbocycles. The fourth-order valence-corrected chi connectivity index (χ4v) is 5.18. The minimum Gasteiger partial charge on any atom is -0.491 e. The van der Waals surface area contributed by atoms with Gasteiger partial charge in [-0.3, -0.25) is 9.59 Å². The Morgan fingerprint density at radius 1 is 1.29 bits per heavy atom. The first-order chi connectivity index (χ1) is 15.0. The minimum absolute atomic E-state index is 0.000173. The van der Waals surface area contributed by atoms with Crippen molar-refractivity contribution >= 4 is 34.8 Å². The summed E-state index contributed by atoms with van der Waals surface area (Å²) in [7, 11) is 0. The second-order valence-corrected chi connectivity index (χ2v) is 9.82. The number of halogens is 1. The molecular weight excluding hydrogens is 432 g/mol. The minimum atomic E-state index is -0.155. The van der Waals surface area contributed by atoms with Crippen LogP contribution in [0.1, 0.15) is 48.2 Å². The summed E-state index contributed by atoms with van der Waals surface area (Å²) in [5.74, 6) is 0.998. The number of hydrogen-bond donors (Lipinski definition) is 0. The van der Waals surface area contributed by atoms with Crippen molar-refractivity contribution in [1.29, 1.82) is 0 Å². The Labute approximate surface area is 192 Å². The molecule has 4 rings (SSSR count). The van der Waals surface area contributed by atoms with E-state index < -0.39 is 0 Å². The van der Waals surface area contributed by atoms with Gasteiger partial charge >= 0.3 is 0 Å². The molecule has 1 unspecified atom stereocenters. The number of aryl methyl sites for hydroxylation is 1. The smallest absolute Gasteiger partial charge is 0.242 e. The Bertz CT molecular complexity index is 956. The van der Waals surface area contributed by atoms with Crippen molar-refractivity contribution in [3.8, 4) is 5.75 Å². The number of nitrogens with zero attached hydrogens (tertiary/aromatic N) is 2. The van der Waals surface area contributed by atoms with Gasteiger partial charge in [-0.15, -0.1) is 11.3 Å². The highest BCUT2D eigenvalue weighted by Crippen LogP contribution is 2.35. The highest BCUT2D eigenvalue weighted by molar-refractivity contribution is 7.10. The van der Waals surface area contributed by atoms with Crippen molar-refractivity contribution in [2.75, 3.05) is 26.2 Å². The first-order valence-electron chi connectivity index (χ1n) is 11.0. The van der Waals surface area contributed by atoms with Gasteiger partial charge in [0.05, 0.1) is 12.6 Å². The second kappa shape index (κ2) is 9.61. The van der Waals surface area contributed by atoms with E-state index in [4.69, 9.17) is 16.3 Å². The molecule has 1 fully saturated rings. The van der Waals surface area contributed by atoms with Crippen molar-refractivity contribution < 1.29 is 14.3 Å². The number of rotatable bonds is 8. The summed E-state index contributed by atoms with van der Waals surface area (Å²) in [4.78, 5) is 31.0. The standard InChI is InChI=1S/C24H29ClN2O3S/c1-3-10-26(24(29)17-4-5-17)14-23(28)27-11-8-22-19(9-12-31-22)21(27)15-30-18-6-7-20(25)16(2)13-18/h6-7,9,12-13,17,21H,3-5,8,10-11,14-15H2,1-2H3. The van der Waals surface area contributed by atoms with Gasteiger partial charge in [-0.05, 0) is 73.4 Å². The monoisotopic (exact) mass is 460 g/mol. The third-order valence-corrected chi connectivity index (χ3v) is 7.43. The number of thiophene rings is 1. The average Bonchev–Trinajstić information content (AvgIpc) is 3.50. The molecule has 31 heavy (non-hydrogen) atoms. The zero-order chi connectivity index (χ0) is 22.0. The van der Waals surface area contributed by atoms with Gasteiger partial charge in [0.1, 0.15) is 12.4 Å². The van der Waals surface area contributed by atoms with Crippen LogP contribution in [0.2, 0.25) is 5.02 Å². The topological polar surface area (TPSA) is 49.9 Å². The Balaban J connectivity index is 1.49. The Morgan fingerprint density at radius 2 is 2.10 bits per heavy atom. The first-order valence-corrected chi connectivity index (χ1v) is 12.3. The van der Waals surface area contributed by atoms with Crippen molar-refractivity contribution in [2.24, 2.45) is 5.92 Å². The summed E-state index contributed by atoms with van der Waals surface area (Å²) in [5, 5.41) is 2.79. The molecule has 7 heteroatoms. The molecule has 2 aromatic rings. The van der Waals surface area contributed by atoms with Crippen LogP contribution < -0.4 is 4.74 Å². The lowest BCUT2D eigenvalue weighted by atomic mass is 10.0. The van der Waals surface area contributed by atoms with Crippen LogP contribution in [-0.2, 0) is 16.0 Å². The van der Waals surface area contributed by atoms with Crippen LogP contribution in [0.25, 0.3) is 0 Å². The maximum atomic E-state index is 13.3. The van der Waals surface area contributed by atoms with Gasteiger partial charge in [0, 0.05) is 28.9 Å². The van der Waals surface area contributed by atoms with Crippen LogP contribution in [-0.4, -0.2) is 47.9 Å². The van der Waals surface area contributed by atoms with E-state index in [-0.39, 0.29) is 30.3 Å². The molecule has 5 nitrogen and oxygen atoms in total. The molecule has 1 aromatic carbocycles. The third kappa shape index (κ3) is 5.07. The van der Waals surface area contributed by atoms with Crippen LogP contribution >= 0.6 is 22.9 Å². The molecule has 2 amide bonds. The van der Waals surface area contributed by atoms with E-state index in [9.17, 15) is 9.59 Å². The zero-order valence-electron chi connectivity index (χ0n) is 18.1. The van der Waals surface area contributed by atoms with Crippen LogP contribution in [0.5, 0.6) is 5.75 Å². The number of carbonyl (C=O) groups is 2. The van der Waals surface area contributed by atoms with E-state index in [2.05, 4.69) is 11.4 Å². The van der Waals surface area contributed by atoms with Gasteiger partial charge in [0.15, 0.2) is 0 Å². The molecule has 2 heterocycles. The molecule has 0 saturated heterocycles. The van der Waals surface area contributed by atoms with Crippen LogP contribution in [0, 0.1) is 12.8 Å². The quantitative estimate of drug-likeness (QED) is 0.565. The van der Waals surface area contributed by atoms with Crippen molar-refractivity contribution in [1.82, 2.24) is 9.80 Å². The Kier molecular flexibility index (Phi) is 6.87. The van der Waals surface area contributed by atoms with E-state index in [1.807, 2.05) is 36.9 Å². The summed E-state index contributed by atoms with van der Waals surface area (Å²) in [6.07, 6.45) is 3.60. The maximum Gasteiger partial charge on any atom is 0.242 e. The summed E-state index contributed by atoms with van der Waals surface area (Å²) in [6.45, 7) is 5.80. The molecule has 1 aliphatic carbocycles. The molecular formula is C24H29ClN2O3S. The molecule has 0 radical (unpaired) electrons. The van der Waals surface area contributed by atoms with Gasteiger partial charge in [-0.2, -0.15) is 0 Å². The average molecular weight is 461 g/mol. The largest absolute Gasteiger partial charge is 0.491 e. The highest BCUT2D eigenvalue weighted by atomic mass is 35.5. The molecule has 0 N–H and O–H groups in total. The fourth-order valence-electron chi connectivity index (χ4n) is 4.14. The lowest BCUT2D eigenvalue weighted by Gasteiger charge is -2.37. The van der Waals surface area contributed by atoms with Gasteiger partial charge in [0.2, 0.25) is 11.8 Å². The van der Waals surface area contributed by atoms with E-state index in [1.165, 1.54) is 4.88 Å². The summed E-state index contributed by atoms with van der Waals surface area (Å²) < 4.78 is 6.11. The molecule has 1 aromatic heterocycles. The summed E-state index contributed by atoms with van der Waals surface area (Å²) >= 11 is 7.87. The number of fused-ring (bicyclic) bond motifs is 1. The van der Waals surface area contributed by atoms with Gasteiger partial charge in [-0.25, -0.2) is 0 Å². The highest BCUT2D eigenvalue weighted by Gasteiger charge is 2.37. The lowest BCUT2D eigenvalue weighted by Crippen LogP contribution is -2.48. The van der Waals surface area contributed by atoms with Gasteiger partial charge < -0.3 is 14.5 Å². The fraction of sp³-hybridized carbons (Fsp3) is 0.500. The van der Waals surface area contributed by atoms with Crippen LogP contribution in [0.3, 0.4) is 0 Å². The third-order valence-electron chi connectivity index (χ3n) is 6.01. The SMILES string of the molecule is CCCN(CC(=O)N1CCc2sccc2C1COc1ccc(Cl)c(C)c1)C(=O)C1CC1. The number of ether oxygens (including phenoxy) is 1. The van der Waals surface area contributed by atoms with Gasteiger partial charge in [0.25, 0.3) is 0 Å². The molecule has 0 spiro atoms.